The van der Waals surface area contributed by atoms with E-state index >= 15 is 0 Å². The Bertz CT molecular complexity index is 170. The summed E-state index contributed by atoms with van der Waals surface area (Å²) in [6, 6.07) is 0. The Balaban J connectivity index is 0.000000308. The summed E-state index contributed by atoms with van der Waals surface area (Å²) >= 11 is 0. The van der Waals surface area contributed by atoms with E-state index in [0.29, 0.717) is 13.1 Å². The third kappa shape index (κ3) is 8.55. The highest BCUT2D eigenvalue weighted by atomic mass is 19.1. The number of hydrogen-bond donors (Lipinski definition) is 2. The first-order chi connectivity index (χ1) is 8.86. The zero-order chi connectivity index (χ0) is 13.6. The van der Waals surface area contributed by atoms with Crippen LogP contribution >= 0.6 is 0 Å². The minimum absolute atomic E-state index is 0.350. The number of nitrogens with zero attached hydrogens (tertiary/aromatic N) is 1. The van der Waals surface area contributed by atoms with Gasteiger partial charge in [0.15, 0.2) is 0 Å². The van der Waals surface area contributed by atoms with Crippen LogP contribution in [-0.4, -0.2) is 64.2 Å². The Morgan fingerprint density at radius 1 is 1.11 bits per heavy atom. The smallest absolute Gasteiger partial charge is 0.123 e. The standard InChI is InChI=1S/C8H15NO.C4H10N2.CH3F/c1-2-9-5-3-8(7-10)4-6-9;1-2-6-4-3-5-1;1-2/h7-8H,2-6H2,1H3;5-6H,1-4H2;1H3. The molecule has 4 nitrogen and oxygen atoms in total. The van der Waals surface area contributed by atoms with Gasteiger partial charge in [-0.2, -0.15) is 0 Å². The molecular weight excluding hydrogens is 233 g/mol. The second-order valence-corrected chi connectivity index (χ2v) is 4.41. The van der Waals surface area contributed by atoms with Gasteiger partial charge in [0.2, 0.25) is 0 Å². The number of piperazine rings is 1. The molecule has 2 fully saturated rings. The van der Waals surface area contributed by atoms with E-state index in [9.17, 15) is 9.18 Å². The molecule has 0 bridgehead atoms. The van der Waals surface area contributed by atoms with Crippen LogP contribution in [0.1, 0.15) is 19.8 Å². The molecule has 2 heterocycles. The summed E-state index contributed by atoms with van der Waals surface area (Å²) in [5.41, 5.74) is 0. The maximum Gasteiger partial charge on any atom is 0.123 e. The minimum atomic E-state index is 0.350. The Hall–Kier alpha value is -0.520. The highest BCUT2D eigenvalue weighted by Crippen LogP contribution is 2.13. The van der Waals surface area contributed by atoms with E-state index in [4.69, 9.17) is 0 Å². The third-order valence-corrected chi connectivity index (χ3v) is 3.23. The number of likely N-dealkylation sites (tertiary alicyclic amines) is 1. The molecule has 2 saturated heterocycles. The Morgan fingerprint density at radius 2 is 1.56 bits per heavy atom. The summed E-state index contributed by atoms with van der Waals surface area (Å²) in [6.07, 6.45) is 3.24. The first kappa shape index (κ1) is 17.5. The molecule has 0 aliphatic carbocycles. The largest absolute Gasteiger partial charge is 0.314 e. The highest BCUT2D eigenvalue weighted by Gasteiger charge is 2.16. The van der Waals surface area contributed by atoms with Crippen molar-refractivity contribution >= 4 is 6.29 Å². The van der Waals surface area contributed by atoms with Crippen molar-refractivity contribution in [1.82, 2.24) is 15.5 Å². The first-order valence-corrected chi connectivity index (χ1v) is 6.83. The van der Waals surface area contributed by atoms with E-state index in [1.165, 1.54) is 0 Å². The van der Waals surface area contributed by atoms with E-state index < -0.39 is 0 Å². The fourth-order valence-electron chi connectivity index (χ4n) is 2.01. The third-order valence-electron chi connectivity index (χ3n) is 3.23. The molecule has 5 heteroatoms. The van der Waals surface area contributed by atoms with Crippen molar-refractivity contribution in [1.29, 1.82) is 0 Å². The summed E-state index contributed by atoms with van der Waals surface area (Å²) in [6.45, 7) is 10.1. The molecule has 0 saturated carbocycles. The maximum absolute atomic E-state index is 10.3. The van der Waals surface area contributed by atoms with Crippen molar-refractivity contribution in [3.8, 4) is 0 Å². The average Bonchev–Trinajstić information content (AvgIpc) is 2.52. The fourth-order valence-corrected chi connectivity index (χ4v) is 2.01. The van der Waals surface area contributed by atoms with E-state index in [1.807, 2.05) is 0 Å². The number of alkyl halides is 1. The molecule has 2 aliphatic rings. The molecule has 108 valence electrons. The van der Waals surface area contributed by atoms with Crippen LogP contribution in [0.5, 0.6) is 0 Å². The van der Waals surface area contributed by atoms with Gasteiger partial charge in [-0.15, -0.1) is 0 Å². The maximum atomic E-state index is 10.3. The molecule has 2 aliphatic heterocycles. The quantitative estimate of drug-likeness (QED) is 0.718. The Labute approximate surface area is 110 Å². The summed E-state index contributed by atoms with van der Waals surface area (Å²) in [4.78, 5) is 12.7. The van der Waals surface area contributed by atoms with Crippen LogP contribution < -0.4 is 10.6 Å². The highest BCUT2D eigenvalue weighted by molar-refractivity contribution is 5.53. The molecule has 0 spiro atoms. The zero-order valence-electron chi connectivity index (χ0n) is 11.8. The molecule has 0 radical (unpaired) electrons. The van der Waals surface area contributed by atoms with Gasteiger partial charge in [-0.1, -0.05) is 6.92 Å². The molecular formula is C13H28FN3O. The number of hydrogen-bond acceptors (Lipinski definition) is 4. The lowest BCUT2D eigenvalue weighted by atomic mass is 9.99. The fraction of sp³-hybridized carbons (Fsp3) is 0.923. The van der Waals surface area contributed by atoms with Crippen molar-refractivity contribution in [3.63, 3.8) is 0 Å². The Morgan fingerprint density at radius 3 is 1.83 bits per heavy atom. The number of aldehydes is 1. The Kier molecular flexibility index (Phi) is 12.6. The van der Waals surface area contributed by atoms with Crippen molar-refractivity contribution in [2.75, 3.05) is 53.0 Å². The number of halogens is 1. The number of carbonyl (C=O) groups is 1. The predicted octanol–water partition coefficient (Wildman–Crippen LogP) is 0.682. The van der Waals surface area contributed by atoms with Gasteiger partial charge in [0.1, 0.15) is 6.29 Å². The van der Waals surface area contributed by atoms with Gasteiger partial charge in [-0.25, -0.2) is 0 Å². The molecule has 0 atom stereocenters. The first-order valence-electron chi connectivity index (χ1n) is 6.83. The number of piperidine rings is 1. The zero-order valence-corrected chi connectivity index (χ0v) is 11.8. The van der Waals surface area contributed by atoms with Gasteiger partial charge in [-0.3, -0.25) is 4.39 Å². The normalized spacial score (nSPS) is 21.1. The summed E-state index contributed by atoms with van der Waals surface area (Å²) in [7, 11) is 0.500. The summed E-state index contributed by atoms with van der Waals surface area (Å²) < 4.78 is 9.50. The van der Waals surface area contributed by atoms with Crippen LogP contribution in [0, 0.1) is 5.92 Å². The van der Waals surface area contributed by atoms with Crippen LogP contribution in [0.3, 0.4) is 0 Å². The van der Waals surface area contributed by atoms with Crippen molar-refractivity contribution in [2.24, 2.45) is 5.92 Å². The molecule has 0 aromatic heterocycles. The molecule has 0 amide bonds. The molecule has 0 aromatic rings. The van der Waals surface area contributed by atoms with Crippen LogP contribution in [0.4, 0.5) is 4.39 Å². The minimum Gasteiger partial charge on any atom is -0.314 e. The molecule has 0 unspecified atom stereocenters. The van der Waals surface area contributed by atoms with Crippen molar-refractivity contribution in [2.45, 2.75) is 19.8 Å². The average molecular weight is 261 g/mol. The second-order valence-electron chi connectivity index (χ2n) is 4.41. The monoisotopic (exact) mass is 261 g/mol. The summed E-state index contributed by atoms with van der Waals surface area (Å²) in [5, 5.41) is 6.44. The SMILES string of the molecule is C1CNCCN1.CCN1CCC(C=O)CC1.CF. The van der Waals surface area contributed by atoms with Gasteiger partial charge in [0.25, 0.3) is 0 Å². The van der Waals surface area contributed by atoms with Gasteiger partial charge in [-0.05, 0) is 32.5 Å². The molecule has 18 heavy (non-hydrogen) atoms. The number of rotatable bonds is 2. The molecule has 2 rings (SSSR count). The summed E-state index contributed by atoms with van der Waals surface area (Å²) in [5.74, 6) is 0.350. The van der Waals surface area contributed by atoms with E-state index in [-0.39, 0.29) is 0 Å². The predicted molar refractivity (Wildman–Crippen MR) is 73.7 cm³/mol. The lowest BCUT2D eigenvalue weighted by Gasteiger charge is -2.27. The molecule has 0 aromatic carbocycles. The van der Waals surface area contributed by atoms with Crippen LogP contribution in [0.15, 0.2) is 0 Å². The van der Waals surface area contributed by atoms with Crippen LogP contribution in [0.2, 0.25) is 0 Å². The van der Waals surface area contributed by atoms with E-state index in [2.05, 4.69) is 22.5 Å². The van der Waals surface area contributed by atoms with E-state index in [1.54, 1.807) is 0 Å². The number of nitrogens with one attached hydrogen (secondary N) is 2. The van der Waals surface area contributed by atoms with Gasteiger partial charge in [0, 0.05) is 32.1 Å². The van der Waals surface area contributed by atoms with Crippen molar-refractivity contribution < 1.29 is 9.18 Å². The van der Waals surface area contributed by atoms with Crippen LogP contribution in [0.25, 0.3) is 0 Å². The van der Waals surface area contributed by atoms with Gasteiger partial charge in [0.05, 0.1) is 7.18 Å². The number of carbonyl (C=O) groups excluding carboxylic acids is 1. The second kappa shape index (κ2) is 12.9. The lowest BCUT2D eigenvalue weighted by molar-refractivity contribution is -0.112. The van der Waals surface area contributed by atoms with Gasteiger partial charge >= 0.3 is 0 Å². The topological polar surface area (TPSA) is 44.4 Å². The van der Waals surface area contributed by atoms with Gasteiger partial charge < -0.3 is 20.3 Å². The van der Waals surface area contributed by atoms with Crippen molar-refractivity contribution in [3.05, 3.63) is 0 Å². The van der Waals surface area contributed by atoms with E-state index in [0.717, 1.165) is 64.9 Å². The lowest BCUT2D eigenvalue weighted by Crippen LogP contribution is -2.39. The molecule has 2 N–H and O–H groups in total. The van der Waals surface area contributed by atoms with Crippen LogP contribution in [-0.2, 0) is 4.79 Å².